The standard InChI is InChI=1S/C19H27N3O5/c1-6-26-17-12(2)9-13(14-7-8-20-11-16(14)22(24)25)10-15(17)21-18(23)27-19(3,4)5/h7-8,10-12,15,17H,6,9H2,1-5H3,(H,21,23)/t12-,15+,17-/m0/s1. The van der Waals surface area contributed by atoms with Crippen LogP contribution in [0.15, 0.2) is 24.5 Å². The number of hydrogen-bond acceptors (Lipinski definition) is 6. The molecule has 8 nitrogen and oxygen atoms in total. The maximum absolute atomic E-state index is 12.3. The van der Waals surface area contributed by atoms with Gasteiger partial charge in [-0.2, -0.15) is 0 Å². The number of pyridine rings is 1. The highest BCUT2D eigenvalue weighted by Crippen LogP contribution is 2.36. The average Bonchev–Trinajstić information content (AvgIpc) is 2.56. The fourth-order valence-corrected chi connectivity index (χ4v) is 3.23. The molecule has 1 aliphatic rings. The molecule has 1 aromatic rings. The summed E-state index contributed by atoms with van der Waals surface area (Å²) >= 11 is 0. The molecule has 148 valence electrons. The van der Waals surface area contributed by atoms with Crippen LogP contribution in [0, 0.1) is 16.0 Å². The minimum atomic E-state index is -0.623. The lowest BCUT2D eigenvalue weighted by Gasteiger charge is -2.36. The van der Waals surface area contributed by atoms with Gasteiger partial charge in [0.1, 0.15) is 11.8 Å². The number of rotatable bonds is 5. The molecule has 0 saturated carbocycles. The molecule has 1 aliphatic carbocycles. The number of hydrogen-bond donors (Lipinski definition) is 1. The van der Waals surface area contributed by atoms with Crippen molar-refractivity contribution in [3.05, 3.63) is 40.2 Å². The second kappa shape index (κ2) is 8.47. The van der Waals surface area contributed by atoms with Gasteiger partial charge >= 0.3 is 6.09 Å². The molecular weight excluding hydrogens is 350 g/mol. The van der Waals surface area contributed by atoms with E-state index in [0.29, 0.717) is 18.6 Å². The highest BCUT2D eigenvalue weighted by Gasteiger charge is 2.35. The zero-order valence-corrected chi connectivity index (χ0v) is 16.4. The van der Waals surface area contributed by atoms with E-state index in [-0.39, 0.29) is 17.7 Å². The molecule has 3 atom stereocenters. The summed E-state index contributed by atoms with van der Waals surface area (Å²) in [5, 5.41) is 14.2. The third kappa shape index (κ3) is 5.50. The summed E-state index contributed by atoms with van der Waals surface area (Å²) in [5.74, 6) is 0.0534. The Morgan fingerprint density at radius 2 is 2.15 bits per heavy atom. The van der Waals surface area contributed by atoms with Crippen molar-refractivity contribution in [2.75, 3.05) is 6.61 Å². The predicted octanol–water partition coefficient (Wildman–Crippen LogP) is 3.71. The summed E-state index contributed by atoms with van der Waals surface area (Å²) in [6.07, 6.45) is 4.40. The van der Waals surface area contributed by atoms with Crippen molar-refractivity contribution in [3.8, 4) is 0 Å². The second-order valence-corrected chi connectivity index (χ2v) is 7.62. The van der Waals surface area contributed by atoms with Crippen LogP contribution in [0.1, 0.15) is 46.6 Å². The molecule has 0 radical (unpaired) electrons. The number of amides is 1. The molecule has 0 spiro atoms. The topological polar surface area (TPSA) is 104 Å². The van der Waals surface area contributed by atoms with Crippen LogP contribution in [0.3, 0.4) is 0 Å². The Hall–Kier alpha value is -2.48. The first-order valence-corrected chi connectivity index (χ1v) is 9.03. The minimum absolute atomic E-state index is 0.0534. The van der Waals surface area contributed by atoms with Gasteiger partial charge in [-0.1, -0.05) is 13.0 Å². The van der Waals surface area contributed by atoms with E-state index in [4.69, 9.17) is 9.47 Å². The molecule has 1 aromatic heterocycles. The first-order chi connectivity index (χ1) is 12.6. The summed E-state index contributed by atoms with van der Waals surface area (Å²) < 4.78 is 11.2. The molecule has 1 N–H and O–H groups in total. The van der Waals surface area contributed by atoms with E-state index in [1.807, 2.05) is 19.9 Å². The molecule has 0 saturated heterocycles. The molecule has 0 fully saturated rings. The Morgan fingerprint density at radius 3 is 2.74 bits per heavy atom. The SMILES string of the molecule is CCO[C@H]1[C@@H](C)CC(c2ccncc2[N+](=O)[O-])=C[C@H]1NC(=O)OC(C)(C)C. The molecule has 0 aliphatic heterocycles. The van der Waals surface area contributed by atoms with Crippen molar-refractivity contribution in [2.45, 2.75) is 58.8 Å². The predicted molar refractivity (Wildman–Crippen MR) is 101 cm³/mol. The fourth-order valence-electron chi connectivity index (χ4n) is 3.23. The summed E-state index contributed by atoms with van der Waals surface area (Å²) in [4.78, 5) is 27.0. The molecule has 1 amide bonds. The number of carbonyl (C=O) groups excluding carboxylic acids is 1. The van der Waals surface area contributed by atoms with Crippen LogP contribution < -0.4 is 5.32 Å². The van der Waals surface area contributed by atoms with Crippen LogP contribution in [0.25, 0.3) is 5.57 Å². The van der Waals surface area contributed by atoms with Gasteiger partial charge in [0.05, 0.1) is 22.6 Å². The number of aromatic nitrogens is 1. The number of ether oxygens (including phenoxy) is 2. The zero-order valence-electron chi connectivity index (χ0n) is 16.4. The van der Waals surface area contributed by atoms with E-state index in [2.05, 4.69) is 10.3 Å². The highest BCUT2D eigenvalue weighted by molar-refractivity contribution is 5.75. The molecule has 0 unspecified atom stereocenters. The van der Waals surface area contributed by atoms with Crippen molar-refractivity contribution in [1.29, 1.82) is 0 Å². The van der Waals surface area contributed by atoms with E-state index in [1.165, 1.54) is 12.4 Å². The van der Waals surface area contributed by atoms with Crippen molar-refractivity contribution in [3.63, 3.8) is 0 Å². The summed E-state index contributed by atoms with van der Waals surface area (Å²) in [5.41, 5.74) is 0.616. The van der Waals surface area contributed by atoms with E-state index < -0.39 is 22.7 Å². The average molecular weight is 377 g/mol. The first-order valence-electron chi connectivity index (χ1n) is 9.03. The smallest absolute Gasteiger partial charge is 0.408 e. The number of nitrogens with zero attached hydrogens (tertiary/aromatic N) is 2. The Bertz CT molecular complexity index is 726. The van der Waals surface area contributed by atoms with Gasteiger partial charge in [-0.3, -0.25) is 15.1 Å². The largest absolute Gasteiger partial charge is 0.444 e. The van der Waals surface area contributed by atoms with Crippen LogP contribution in [0.5, 0.6) is 0 Å². The van der Waals surface area contributed by atoms with Crippen LogP contribution in [0.2, 0.25) is 0 Å². The lowest BCUT2D eigenvalue weighted by Crippen LogP contribution is -2.49. The lowest BCUT2D eigenvalue weighted by atomic mass is 9.81. The van der Waals surface area contributed by atoms with Crippen molar-refractivity contribution in [1.82, 2.24) is 10.3 Å². The van der Waals surface area contributed by atoms with Gasteiger partial charge in [0.2, 0.25) is 0 Å². The number of allylic oxidation sites excluding steroid dienone is 1. The maximum Gasteiger partial charge on any atom is 0.408 e. The summed E-state index contributed by atoms with van der Waals surface area (Å²) in [6, 6.07) is 1.17. The normalized spacial score (nSPS) is 22.7. The molecular formula is C19H27N3O5. The van der Waals surface area contributed by atoms with Crippen LogP contribution >= 0.6 is 0 Å². The van der Waals surface area contributed by atoms with Crippen LogP contribution in [0.4, 0.5) is 10.5 Å². The van der Waals surface area contributed by atoms with Gasteiger partial charge in [0.15, 0.2) is 0 Å². The van der Waals surface area contributed by atoms with Gasteiger partial charge in [0, 0.05) is 12.8 Å². The zero-order chi connectivity index (χ0) is 20.2. The first kappa shape index (κ1) is 20.8. The second-order valence-electron chi connectivity index (χ2n) is 7.62. The summed E-state index contributed by atoms with van der Waals surface area (Å²) in [6.45, 7) is 9.77. The maximum atomic E-state index is 12.3. The quantitative estimate of drug-likeness (QED) is 0.620. The molecule has 8 heteroatoms. The number of carbonyl (C=O) groups is 1. The Labute approximate surface area is 159 Å². The number of alkyl carbamates (subject to hydrolysis) is 1. The van der Waals surface area contributed by atoms with Crippen molar-refractivity contribution < 1.29 is 19.2 Å². The molecule has 0 aromatic carbocycles. The van der Waals surface area contributed by atoms with Gasteiger partial charge in [0.25, 0.3) is 5.69 Å². The number of nitrogens with one attached hydrogen (secondary N) is 1. The Balaban J connectivity index is 2.36. The van der Waals surface area contributed by atoms with Crippen molar-refractivity contribution in [2.24, 2.45) is 5.92 Å². The molecule has 2 rings (SSSR count). The van der Waals surface area contributed by atoms with Gasteiger partial charge in [-0.25, -0.2) is 4.79 Å². The van der Waals surface area contributed by atoms with Crippen LogP contribution in [-0.2, 0) is 9.47 Å². The minimum Gasteiger partial charge on any atom is -0.444 e. The Kier molecular flexibility index (Phi) is 6.54. The molecule has 27 heavy (non-hydrogen) atoms. The molecule has 1 heterocycles. The fraction of sp³-hybridized carbons (Fsp3) is 0.579. The Morgan fingerprint density at radius 1 is 1.44 bits per heavy atom. The number of nitro groups is 1. The third-order valence-electron chi connectivity index (χ3n) is 4.22. The van der Waals surface area contributed by atoms with E-state index in [1.54, 1.807) is 26.8 Å². The molecule has 0 bridgehead atoms. The summed E-state index contributed by atoms with van der Waals surface area (Å²) in [7, 11) is 0. The van der Waals surface area contributed by atoms with E-state index in [9.17, 15) is 14.9 Å². The van der Waals surface area contributed by atoms with Gasteiger partial charge < -0.3 is 14.8 Å². The van der Waals surface area contributed by atoms with E-state index in [0.717, 1.165) is 5.57 Å². The lowest BCUT2D eigenvalue weighted by molar-refractivity contribution is -0.385. The third-order valence-corrected chi connectivity index (χ3v) is 4.22. The van der Waals surface area contributed by atoms with Crippen LogP contribution in [-0.4, -0.2) is 40.4 Å². The monoisotopic (exact) mass is 377 g/mol. The van der Waals surface area contributed by atoms with Crippen molar-refractivity contribution >= 4 is 17.4 Å². The van der Waals surface area contributed by atoms with Gasteiger partial charge in [-0.15, -0.1) is 0 Å². The highest BCUT2D eigenvalue weighted by atomic mass is 16.6. The van der Waals surface area contributed by atoms with Gasteiger partial charge in [-0.05, 0) is 51.7 Å². The van der Waals surface area contributed by atoms with E-state index >= 15 is 0 Å².